The Kier molecular flexibility index (Phi) is 1.29. The van der Waals surface area contributed by atoms with Crippen molar-refractivity contribution in [3.8, 4) is 0 Å². The first-order valence-electron chi connectivity index (χ1n) is 4.29. The third kappa shape index (κ3) is 0.663. The maximum Gasteiger partial charge on any atom is 0.0322 e. The first-order valence-corrected chi connectivity index (χ1v) is 4.29. The predicted octanol–water partition coefficient (Wildman–Crippen LogP) is 0.572. The molecule has 2 atom stereocenters. The Morgan fingerprint density at radius 3 is 2.70 bits per heavy atom. The summed E-state index contributed by atoms with van der Waals surface area (Å²) in [5.74, 6) is 0. The van der Waals surface area contributed by atoms with Gasteiger partial charge in [0.2, 0.25) is 0 Å². The van der Waals surface area contributed by atoms with Crippen molar-refractivity contribution in [2.24, 2.45) is 5.73 Å². The summed E-state index contributed by atoms with van der Waals surface area (Å²) < 4.78 is 0. The van der Waals surface area contributed by atoms with E-state index in [0.29, 0.717) is 0 Å². The summed E-state index contributed by atoms with van der Waals surface area (Å²) in [5.41, 5.74) is 6.38. The zero-order valence-corrected chi connectivity index (χ0v) is 6.64. The minimum Gasteiger partial charge on any atom is -0.324 e. The van der Waals surface area contributed by atoms with Crippen molar-refractivity contribution < 1.29 is 0 Å². The number of hydrogen-bond acceptors (Lipinski definition) is 2. The van der Waals surface area contributed by atoms with Crippen molar-refractivity contribution in [1.82, 2.24) is 4.90 Å². The van der Waals surface area contributed by atoms with Gasteiger partial charge >= 0.3 is 0 Å². The van der Waals surface area contributed by atoms with E-state index in [2.05, 4.69) is 11.8 Å². The lowest BCUT2D eigenvalue weighted by Gasteiger charge is -2.42. The van der Waals surface area contributed by atoms with Crippen molar-refractivity contribution in [3.05, 3.63) is 0 Å². The van der Waals surface area contributed by atoms with E-state index in [-0.39, 0.29) is 5.54 Å². The molecule has 2 saturated heterocycles. The summed E-state index contributed by atoms with van der Waals surface area (Å²) in [6, 6.07) is 0.734. The lowest BCUT2D eigenvalue weighted by molar-refractivity contribution is 0.0990. The Hall–Kier alpha value is -0.0800. The van der Waals surface area contributed by atoms with Crippen LogP contribution in [0.4, 0.5) is 0 Å². The first kappa shape index (κ1) is 6.62. The van der Waals surface area contributed by atoms with E-state index in [9.17, 15) is 0 Å². The van der Waals surface area contributed by atoms with Gasteiger partial charge in [-0.05, 0) is 19.3 Å². The second kappa shape index (κ2) is 1.95. The van der Waals surface area contributed by atoms with Crippen LogP contribution in [-0.4, -0.2) is 29.6 Å². The second-order valence-corrected chi connectivity index (χ2v) is 3.68. The zero-order chi connectivity index (χ0) is 7.19. The van der Waals surface area contributed by atoms with Gasteiger partial charge in [-0.25, -0.2) is 0 Å². The van der Waals surface area contributed by atoms with Gasteiger partial charge in [0, 0.05) is 24.7 Å². The molecule has 2 rings (SSSR count). The maximum atomic E-state index is 6.20. The third-order valence-electron chi connectivity index (χ3n) is 3.32. The predicted molar refractivity (Wildman–Crippen MR) is 41.8 cm³/mol. The molecule has 0 radical (unpaired) electrons. The smallest absolute Gasteiger partial charge is 0.0322 e. The van der Waals surface area contributed by atoms with E-state index in [0.717, 1.165) is 12.5 Å². The first-order chi connectivity index (χ1) is 4.76. The van der Waals surface area contributed by atoms with Crippen LogP contribution in [0.15, 0.2) is 0 Å². The normalized spacial score (nSPS) is 46.8. The molecule has 0 aromatic rings. The lowest BCUT2D eigenvalue weighted by Crippen LogP contribution is -2.57. The minimum atomic E-state index is 0.179. The van der Waals surface area contributed by atoms with Gasteiger partial charge in [-0.3, -0.25) is 4.90 Å². The summed E-state index contributed by atoms with van der Waals surface area (Å²) in [6.07, 6.45) is 3.70. The van der Waals surface area contributed by atoms with Crippen molar-refractivity contribution in [2.45, 2.75) is 37.8 Å². The molecule has 2 N–H and O–H groups in total. The molecular formula is C8H16N2. The van der Waals surface area contributed by atoms with Crippen LogP contribution in [0.1, 0.15) is 26.2 Å². The quantitative estimate of drug-likeness (QED) is 0.577. The largest absolute Gasteiger partial charge is 0.324 e. The average molecular weight is 140 g/mol. The van der Waals surface area contributed by atoms with Crippen LogP contribution in [0.3, 0.4) is 0 Å². The van der Waals surface area contributed by atoms with E-state index in [4.69, 9.17) is 5.73 Å². The van der Waals surface area contributed by atoms with Gasteiger partial charge in [0.05, 0.1) is 0 Å². The van der Waals surface area contributed by atoms with Gasteiger partial charge in [0.1, 0.15) is 0 Å². The summed E-state index contributed by atoms with van der Waals surface area (Å²) in [5, 5.41) is 0. The van der Waals surface area contributed by atoms with E-state index in [1.165, 1.54) is 25.9 Å². The summed E-state index contributed by atoms with van der Waals surface area (Å²) in [7, 11) is 0. The monoisotopic (exact) mass is 140 g/mol. The second-order valence-electron chi connectivity index (χ2n) is 3.68. The van der Waals surface area contributed by atoms with Gasteiger partial charge in [0.25, 0.3) is 0 Å². The third-order valence-corrected chi connectivity index (χ3v) is 3.32. The Bertz CT molecular complexity index is 146. The molecule has 2 aliphatic rings. The van der Waals surface area contributed by atoms with Crippen LogP contribution >= 0.6 is 0 Å². The summed E-state index contributed by atoms with van der Waals surface area (Å²) in [6.45, 7) is 4.75. The van der Waals surface area contributed by atoms with E-state index < -0.39 is 0 Å². The topological polar surface area (TPSA) is 29.3 Å². The number of nitrogens with zero attached hydrogens (tertiary/aromatic N) is 1. The fourth-order valence-electron chi connectivity index (χ4n) is 2.29. The molecule has 58 valence electrons. The molecule has 0 saturated carbocycles. The van der Waals surface area contributed by atoms with Crippen molar-refractivity contribution in [1.29, 1.82) is 0 Å². The van der Waals surface area contributed by atoms with Crippen LogP contribution in [0.2, 0.25) is 0 Å². The molecule has 0 bridgehead atoms. The fourth-order valence-corrected chi connectivity index (χ4v) is 2.29. The average Bonchev–Trinajstić information content (AvgIpc) is 2.05. The molecule has 10 heavy (non-hydrogen) atoms. The minimum absolute atomic E-state index is 0.179. The Morgan fingerprint density at radius 2 is 2.40 bits per heavy atom. The van der Waals surface area contributed by atoms with Gasteiger partial charge < -0.3 is 5.73 Å². The van der Waals surface area contributed by atoms with Crippen LogP contribution in [-0.2, 0) is 0 Å². The molecule has 2 fully saturated rings. The lowest BCUT2D eigenvalue weighted by atomic mass is 9.84. The number of rotatable bonds is 1. The van der Waals surface area contributed by atoms with Crippen LogP contribution in [0.25, 0.3) is 0 Å². The van der Waals surface area contributed by atoms with Gasteiger partial charge in [-0.1, -0.05) is 6.92 Å². The molecule has 2 heteroatoms. The molecule has 2 unspecified atom stereocenters. The molecule has 0 amide bonds. The van der Waals surface area contributed by atoms with Gasteiger partial charge in [0.15, 0.2) is 0 Å². The van der Waals surface area contributed by atoms with Crippen LogP contribution in [0.5, 0.6) is 0 Å². The highest BCUT2D eigenvalue weighted by molar-refractivity contribution is 5.07. The van der Waals surface area contributed by atoms with E-state index in [1.54, 1.807) is 0 Å². The summed E-state index contributed by atoms with van der Waals surface area (Å²) >= 11 is 0. The van der Waals surface area contributed by atoms with Gasteiger partial charge in [-0.2, -0.15) is 0 Å². The maximum absolute atomic E-state index is 6.20. The van der Waals surface area contributed by atoms with Crippen molar-refractivity contribution >= 4 is 0 Å². The Labute approximate surface area is 62.4 Å². The molecule has 0 aromatic heterocycles. The molecule has 0 aliphatic carbocycles. The highest BCUT2D eigenvalue weighted by Crippen LogP contribution is 2.37. The Morgan fingerprint density at radius 1 is 1.60 bits per heavy atom. The van der Waals surface area contributed by atoms with E-state index >= 15 is 0 Å². The SMILES string of the molecule is CCC1(N)CCN2CCC21. The number of hydrogen-bond donors (Lipinski definition) is 1. The van der Waals surface area contributed by atoms with Crippen molar-refractivity contribution in [3.63, 3.8) is 0 Å². The molecular weight excluding hydrogens is 124 g/mol. The molecule has 2 heterocycles. The Balaban J connectivity index is 2.10. The number of nitrogens with two attached hydrogens (primary N) is 1. The molecule has 0 spiro atoms. The number of fused-ring (bicyclic) bond motifs is 1. The summed E-state index contributed by atoms with van der Waals surface area (Å²) in [4.78, 5) is 2.52. The van der Waals surface area contributed by atoms with Crippen LogP contribution < -0.4 is 5.73 Å². The molecule has 2 nitrogen and oxygen atoms in total. The van der Waals surface area contributed by atoms with Crippen molar-refractivity contribution in [2.75, 3.05) is 13.1 Å². The standard InChI is InChI=1S/C8H16N2/c1-2-8(9)4-6-10-5-3-7(8)10/h7H,2-6,9H2,1H3. The zero-order valence-electron chi connectivity index (χ0n) is 6.64. The highest BCUT2D eigenvalue weighted by Gasteiger charge is 2.47. The highest BCUT2D eigenvalue weighted by atomic mass is 15.3. The van der Waals surface area contributed by atoms with Crippen LogP contribution in [0, 0.1) is 0 Å². The fraction of sp³-hybridized carbons (Fsp3) is 1.00. The molecule has 0 aromatic carbocycles. The van der Waals surface area contributed by atoms with Gasteiger partial charge in [-0.15, -0.1) is 0 Å². The van der Waals surface area contributed by atoms with E-state index in [1.807, 2.05) is 0 Å². The molecule has 2 aliphatic heterocycles.